The van der Waals surface area contributed by atoms with Gasteiger partial charge in [0, 0.05) is 17.8 Å². The van der Waals surface area contributed by atoms with Crippen LogP contribution in [-0.4, -0.2) is 25.3 Å². The van der Waals surface area contributed by atoms with Crippen LogP contribution in [0.2, 0.25) is 0 Å². The third-order valence-corrected chi connectivity index (χ3v) is 3.40. The maximum atomic E-state index is 12.1. The topological polar surface area (TPSA) is 58.2 Å². The molecule has 0 aromatic heterocycles. The molecule has 1 fully saturated rings. The molecule has 0 spiro atoms. The second-order valence-electron chi connectivity index (χ2n) is 4.90. The molecule has 1 aromatic carbocycles. The summed E-state index contributed by atoms with van der Waals surface area (Å²) in [6.45, 7) is 2.24. The Labute approximate surface area is 107 Å². The third kappa shape index (κ3) is 2.59. The van der Waals surface area contributed by atoms with E-state index in [0.29, 0.717) is 12.1 Å². The van der Waals surface area contributed by atoms with Crippen molar-refractivity contribution >= 4 is 17.4 Å². The molecule has 96 valence electrons. The lowest BCUT2D eigenvalue weighted by molar-refractivity contribution is -0.120. The second kappa shape index (κ2) is 4.90. The summed E-state index contributed by atoms with van der Waals surface area (Å²) in [4.78, 5) is 23.2. The number of benzene rings is 1. The van der Waals surface area contributed by atoms with Gasteiger partial charge in [-0.1, -0.05) is 0 Å². The quantitative estimate of drug-likeness (QED) is 0.779. The monoisotopic (exact) mass is 246 g/mol. The molecule has 0 unspecified atom stereocenters. The molecule has 1 saturated carbocycles. The highest BCUT2D eigenvalue weighted by Crippen LogP contribution is 2.45. The van der Waals surface area contributed by atoms with Crippen molar-refractivity contribution in [3.05, 3.63) is 29.8 Å². The standard InChI is InChI=1S/C14H18N2O2/c1-10(17)11-3-5-12(6-4-11)16-13(18)14(7-8-14)9-15-2/h3-6,15H,7-9H2,1-2H3,(H,16,18). The van der Waals surface area contributed by atoms with Gasteiger partial charge in [-0.05, 0) is 51.1 Å². The molecule has 1 aromatic rings. The Morgan fingerprint density at radius 2 is 1.83 bits per heavy atom. The molecule has 2 N–H and O–H groups in total. The summed E-state index contributed by atoms with van der Waals surface area (Å²) in [6.07, 6.45) is 1.87. The minimum Gasteiger partial charge on any atom is -0.326 e. The van der Waals surface area contributed by atoms with Crippen LogP contribution in [0.1, 0.15) is 30.1 Å². The molecule has 0 atom stereocenters. The summed E-state index contributed by atoms with van der Waals surface area (Å²) >= 11 is 0. The Bertz CT molecular complexity index is 461. The number of hydrogen-bond donors (Lipinski definition) is 2. The van der Waals surface area contributed by atoms with Crippen molar-refractivity contribution in [1.29, 1.82) is 0 Å². The summed E-state index contributed by atoms with van der Waals surface area (Å²) in [7, 11) is 1.86. The van der Waals surface area contributed by atoms with Crippen molar-refractivity contribution in [3.8, 4) is 0 Å². The summed E-state index contributed by atoms with van der Waals surface area (Å²) in [5, 5.41) is 5.96. The van der Waals surface area contributed by atoms with Gasteiger partial charge in [-0.2, -0.15) is 0 Å². The lowest BCUT2D eigenvalue weighted by Gasteiger charge is -2.14. The number of carbonyl (C=O) groups is 2. The lowest BCUT2D eigenvalue weighted by atomic mass is 10.1. The Hall–Kier alpha value is -1.68. The van der Waals surface area contributed by atoms with Crippen LogP contribution in [0, 0.1) is 5.41 Å². The molecular weight excluding hydrogens is 228 g/mol. The van der Waals surface area contributed by atoms with Gasteiger partial charge in [-0.25, -0.2) is 0 Å². The van der Waals surface area contributed by atoms with E-state index in [4.69, 9.17) is 0 Å². The van der Waals surface area contributed by atoms with E-state index in [1.165, 1.54) is 6.92 Å². The molecule has 1 aliphatic carbocycles. The van der Waals surface area contributed by atoms with Crippen molar-refractivity contribution in [1.82, 2.24) is 5.32 Å². The van der Waals surface area contributed by atoms with Gasteiger partial charge in [0.05, 0.1) is 5.41 Å². The van der Waals surface area contributed by atoms with Gasteiger partial charge in [0.15, 0.2) is 5.78 Å². The molecule has 2 rings (SSSR count). The van der Waals surface area contributed by atoms with Gasteiger partial charge in [0.25, 0.3) is 0 Å². The van der Waals surface area contributed by atoms with Crippen LogP contribution in [0.4, 0.5) is 5.69 Å². The van der Waals surface area contributed by atoms with Gasteiger partial charge in [0.1, 0.15) is 0 Å². The molecule has 4 nitrogen and oxygen atoms in total. The van der Waals surface area contributed by atoms with E-state index in [9.17, 15) is 9.59 Å². The van der Waals surface area contributed by atoms with Gasteiger partial charge in [-0.15, -0.1) is 0 Å². The Morgan fingerprint density at radius 3 is 2.28 bits per heavy atom. The summed E-state index contributed by atoms with van der Waals surface area (Å²) in [6, 6.07) is 7.00. The Morgan fingerprint density at radius 1 is 1.22 bits per heavy atom. The van der Waals surface area contributed by atoms with Gasteiger partial charge in [0.2, 0.25) is 5.91 Å². The number of nitrogens with one attached hydrogen (secondary N) is 2. The molecule has 0 radical (unpaired) electrons. The van der Waals surface area contributed by atoms with Crippen LogP contribution in [0.25, 0.3) is 0 Å². The van der Waals surface area contributed by atoms with Crippen molar-refractivity contribution in [2.75, 3.05) is 18.9 Å². The second-order valence-corrected chi connectivity index (χ2v) is 4.90. The van der Waals surface area contributed by atoms with E-state index >= 15 is 0 Å². The Kier molecular flexibility index (Phi) is 3.48. The summed E-state index contributed by atoms with van der Waals surface area (Å²) < 4.78 is 0. The van der Waals surface area contributed by atoms with Crippen LogP contribution < -0.4 is 10.6 Å². The molecule has 4 heteroatoms. The number of carbonyl (C=O) groups excluding carboxylic acids is 2. The number of amides is 1. The van der Waals surface area contributed by atoms with E-state index < -0.39 is 0 Å². The number of Topliss-reactive ketones (excluding diaryl/α,β-unsaturated/α-hetero) is 1. The Balaban J connectivity index is 2.01. The van der Waals surface area contributed by atoms with Gasteiger partial charge < -0.3 is 10.6 Å². The zero-order chi connectivity index (χ0) is 13.2. The minimum absolute atomic E-state index is 0.0294. The predicted molar refractivity (Wildman–Crippen MR) is 70.7 cm³/mol. The normalized spacial score (nSPS) is 16.1. The molecule has 1 amide bonds. The summed E-state index contributed by atoms with van der Waals surface area (Å²) in [5.41, 5.74) is 1.17. The fourth-order valence-corrected chi connectivity index (χ4v) is 2.03. The average Bonchev–Trinajstić information content (AvgIpc) is 3.11. The zero-order valence-electron chi connectivity index (χ0n) is 10.7. The maximum Gasteiger partial charge on any atom is 0.231 e. The largest absolute Gasteiger partial charge is 0.326 e. The van der Waals surface area contributed by atoms with Crippen molar-refractivity contribution in [2.24, 2.45) is 5.41 Å². The first-order valence-corrected chi connectivity index (χ1v) is 6.14. The maximum absolute atomic E-state index is 12.1. The fourth-order valence-electron chi connectivity index (χ4n) is 2.03. The van der Waals surface area contributed by atoms with Gasteiger partial charge >= 0.3 is 0 Å². The number of rotatable bonds is 5. The third-order valence-electron chi connectivity index (χ3n) is 3.40. The highest BCUT2D eigenvalue weighted by molar-refractivity contribution is 5.98. The first-order valence-electron chi connectivity index (χ1n) is 6.14. The zero-order valence-corrected chi connectivity index (χ0v) is 10.7. The molecule has 18 heavy (non-hydrogen) atoms. The molecule has 0 aliphatic heterocycles. The highest BCUT2D eigenvalue weighted by atomic mass is 16.2. The smallest absolute Gasteiger partial charge is 0.231 e. The molecule has 0 heterocycles. The highest BCUT2D eigenvalue weighted by Gasteiger charge is 2.49. The SMILES string of the molecule is CNCC1(C(=O)Nc2ccc(C(C)=O)cc2)CC1. The molecule has 0 saturated heterocycles. The predicted octanol–water partition coefficient (Wildman–Crippen LogP) is 1.83. The van der Waals surface area contributed by atoms with Crippen LogP contribution in [0.15, 0.2) is 24.3 Å². The van der Waals surface area contributed by atoms with Crippen LogP contribution in [0.5, 0.6) is 0 Å². The fraction of sp³-hybridized carbons (Fsp3) is 0.429. The van der Waals surface area contributed by atoms with Crippen LogP contribution in [-0.2, 0) is 4.79 Å². The van der Waals surface area contributed by atoms with E-state index in [-0.39, 0.29) is 17.1 Å². The lowest BCUT2D eigenvalue weighted by Crippen LogP contribution is -2.32. The van der Waals surface area contributed by atoms with Crippen LogP contribution in [0.3, 0.4) is 0 Å². The van der Waals surface area contributed by atoms with E-state index in [1.807, 2.05) is 7.05 Å². The average molecular weight is 246 g/mol. The number of ketones is 1. The first kappa shape index (κ1) is 12.8. The minimum atomic E-state index is -0.228. The summed E-state index contributed by atoms with van der Waals surface area (Å²) in [5.74, 6) is 0.0918. The number of anilines is 1. The van der Waals surface area contributed by atoms with Crippen molar-refractivity contribution in [3.63, 3.8) is 0 Å². The van der Waals surface area contributed by atoms with E-state index in [0.717, 1.165) is 18.5 Å². The van der Waals surface area contributed by atoms with Crippen molar-refractivity contribution in [2.45, 2.75) is 19.8 Å². The van der Waals surface area contributed by atoms with E-state index in [2.05, 4.69) is 10.6 Å². The molecular formula is C14H18N2O2. The van der Waals surface area contributed by atoms with Crippen molar-refractivity contribution < 1.29 is 9.59 Å². The van der Waals surface area contributed by atoms with Gasteiger partial charge in [-0.3, -0.25) is 9.59 Å². The van der Waals surface area contributed by atoms with E-state index in [1.54, 1.807) is 24.3 Å². The number of hydrogen-bond acceptors (Lipinski definition) is 3. The molecule has 1 aliphatic rings. The first-order chi connectivity index (χ1) is 8.57. The van der Waals surface area contributed by atoms with Crippen LogP contribution >= 0.6 is 0 Å². The molecule has 0 bridgehead atoms.